The van der Waals surface area contributed by atoms with Crippen molar-refractivity contribution in [3.8, 4) is 0 Å². The maximum Gasteiger partial charge on any atom is 0.222 e. The van der Waals surface area contributed by atoms with Gasteiger partial charge in [-0.25, -0.2) is 0 Å². The number of carbonyl (C=O) groups is 2. The van der Waals surface area contributed by atoms with Crippen LogP contribution in [-0.2, 0) is 16.0 Å². The number of carbonyl (C=O) groups excluding carboxylic acids is 2. The summed E-state index contributed by atoms with van der Waals surface area (Å²) < 4.78 is 0. The average Bonchev–Trinajstić information content (AvgIpc) is 2.42. The van der Waals surface area contributed by atoms with Crippen LogP contribution in [0.15, 0.2) is 18.2 Å². The molecule has 2 amide bonds. The Kier molecular flexibility index (Phi) is 7.54. The van der Waals surface area contributed by atoms with Crippen molar-refractivity contribution in [2.45, 2.75) is 26.7 Å². The van der Waals surface area contributed by atoms with Gasteiger partial charge in [0.05, 0.1) is 0 Å². The minimum Gasteiger partial charge on any atom is -0.354 e. The van der Waals surface area contributed by atoms with Gasteiger partial charge >= 0.3 is 0 Å². The molecule has 0 aromatic heterocycles. The molecule has 21 heavy (non-hydrogen) atoms. The van der Waals surface area contributed by atoms with Crippen molar-refractivity contribution >= 4 is 35.0 Å². The smallest absolute Gasteiger partial charge is 0.222 e. The lowest BCUT2D eigenvalue weighted by Gasteiger charge is -2.09. The molecule has 0 aliphatic rings. The molecule has 0 aliphatic carbocycles. The first-order chi connectivity index (χ1) is 9.90. The summed E-state index contributed by atoms with van der Waals surface area (Å²) in [6, 6.07) is 5.24. The lowest BCUT2D eigenvalue weighted by atomic mass is 10.1. The van der Waals surface area contributed by atoms with E-state index in [1.54, 1.807) is 12.1 Å². The van der Waals surface area contributed by atoms with E-state index in [-0.39, 0.29) is 17.7 Å². The van der Waals surface area contributed by atoms with Gasteiger partial charge in [-0.15, -0.1) is 0 Å². The van der Waals surface area contributed by atoms with Gasteiger partial charge in [-0.05, 0) is 24.1 Å². The normalized spacial score (nSPS) is 10.5. The Bertz CT molecular complexity index is 504. The summed E-state index contributed by atoms with van der Waals surface area (Å²) in [5, 5.41) is 6.64. The maximum absolute atomic E-state index is 11.7. The fourth-order valence-corrected chi connectivity index (χ4v) is 2.16. The maximum atomic E-state index is 11.7. The number of aryl methyl sites for hydroxylation is 1. The van der Waals surface area contributed by atoms with E-state index in [9.17, 15) is 9.59 Å². The Hall–Kier alpha value is -1.26. The van der Waals surface area contributed by atoms with E-state index < -0.39 is 0 Å². The first-order valence-electron chi connectivity index (χ1n) is 6.88. The lowest BCUT2D eigenvalue weighted by molar-refractivity contribution is -0.124. The van der Waals surface area contributed by atoms with Crippen molar-refractivity contribution in [2.75, 3.05) is 13.1 Å². The summed E-state index contributed by atoms with van der Waals surface area (Å²) in [6.45, 7) is 4.50. The predicted octanol–water partition coefficient (Wildman–Crippen LogP) is 2.81. The van der Waals surface area contributed by atoms with Crippen LogP contribution < -0.4 is 10.6 Å². The SMILES string of the molecule is CC(C)C(=O)NCCNC(=O)CCc1ccc(Cl)cc1Cl. The third-order valence-electron chi connectivity index (χ3n) is 2.91. The van der Waals surface area contributed by atoms with Crippen LogP contribution in [0.2, 0.25) is 10.0 Å². The number of nitrogens with one attached hydrogen (secondary N) is 2. The fraction of sp³-hybridized carbons (Fsp3) is 0.467. The molecular formula is C15H20Cl2N2O2. The van der Waals surface area contributed by atoms with Crippen LogP contribution in [0.3, 0.4) is 0 Å². The average molecular weight is 331 g/mol. The van der Waals surface area contributed by atoms with Crippen LogP contribution in [0, 0.1) is 5.92 Å². The number of halogens is 2. The molecule has 116 valence electrons. The lowest BCUT2D eigenvalue weighted by Crippen LogP contribution is -2.36. The molecule has 6 heteroatoms. The highest BCUT2D eigenvalue weighted by molar-refractivity contribution is 6.35. The Labute approximate surface area is 135 Å². The summed E-state index contributed by atoms with van der Waals surface area (Å²) in [4.78, 5) is 23.0. The highest BCUT2D eigenvalue weighted by Gasteiger charge is 2.07. The summed E-state index contributed by atoms with van der Waals surface area (Å²) >= 11 is 11.9. The second-order valence-electron chi connectivity index (χ2n) is 5.03. The number of benzene rings is 1. The molecule has 1 rings (SSSR count). The van der Waals surface area contributed by atoms with Gasteiger partial charge in [0.15, 0.2) is 0 Å². The molecule has 0 spiro atoms. The molecule has 0 radical (unpaired) electrons. The van der Waals surface area contributed by atoms with Gasteiger partial charge in [0.25, 0.3) is 0 Å². The quantitative estimate of drug-likeness (QED) is 0.755. The van der Waals surface area contributed by atoms with Gasteiger partial charge in [-0.3, -0.25) is 9.59 Å². The van der Waals surface area contributed by atoms with Crippen molar-refractivity contribution in [3.05, 3.63) is 33.8 Å². The van der Waals surface area contributed by atoms with Crippen molar-refractivity contribution in [2.24, 2.45) is 5.92 Å². The first kappa shape index (κ1) is 17.8. The molecule has 0 unspecified atom stereocenters. The summed E-state index contributed by atoms with van der Waals surface area (Å²) in [5.74, 6) is -0.134. The standard InChI is InChI=1S/C15H20Cl2N2O2/c1-10(2)15(21)19-8-7-18-14(20)6-4-11-3-5-12(16)9-13(11)17/h3,5,9-10H,4,6-8H2,1-2H3,(H,18,20)(H,19,21). The molecule has 0 fully saturated rings. The van der Waals surface area contributed by atoms with Crippen LogP contribution in [0.5, 0.6) is 0 Å². The van der Waals surface area contributed by atoms with E-state index in [0.29, 0.717) is 36.0 Å². The zero-order chi connectivity index (χ0) is 15.8. The van der Waals surface area contributed by atoms with Crippen LogP contribution in [0.25, 0.3) is 0 Å². The van der Waals surface area contributed by atoms with E-state index in [4.69, 9.17) is 23.2 Å². The van der Waals surface area contributed by atoms with Gasteiger partial charge < -0.3 is 10.6 Å². The van der Waals surface area contributed by atoms with E-state index in [0.717, 1.165) is 5.56 Å². The number of hydrogen-bond donors (Lipinski definition) is 2. The van der Waals surface area contributed by atoms with Gasteiger partial charge in [0, 0.05) is 35.5 Å². The molecule has 1 aromatic rings. The van der Waals surface area contributed by atoms with E-state index in [1.807, 2.05) is 19.9 Å². The number of hydrogen-bond acceptors (Lipinski definition) is 2. The molecule has 0 bridgehead atoms. The van der Waals surface area contributed by atoms with E-state index >= 15 is 0 Å². The Morgan fingerprint density at radius 2 is 1.81 bits per heavy atom. The highest BCUT2D eigenvalue weighted by atomic mass is 35.5. The zero-order valence-electron chi connectivity index (χ0n) is 12.2. The second-order valence-corrected chi connectivity index (χ2v) is 5.88. The van der Waals surface area contributed by atoms with Crippen LogP contribution in [-0.4, -0.2) is 24.9 Å². The second kappa shape index (κ2) is 8.90. The van der Waals surface area contributed by atoms with Gasteiger partial charge in [-0.1, -0.05) is 43.1 Å². The van der Waals surface area contributed by atoms with Crippen molar-refractivity contribution in [3.63, 3.8) is 0 Å². The minimum absolute atomic E-state index is 0.0165. The van der Waals surface area contributed by atoms with Gasteiger partial charge in [0.1, 0.15) is 0 Å². The highest BCUT2D eigenvalue weighted by Crippen LogP contribution is 2.21. The van der Waals surface area contributed by atoms with Crippen molar-refractivity contribution in [1.29, 1.82) is 0 Å². The topological polar surface area (TPSA) is 58.2 Å². The molecule has 0 heterocycles. The molecule has 2 N–H and O–H groups in total. The van der Waals surface area contributed by atoms with E-state index in [2.05, 4.69) is 10.6 Å². The van der Waals surface area contributed by atoms with Gasteiger partial charge in [-0.2, -0.15) is 0 Å². The molecule has 1 aromatic carbocycles. The first-order valence-corrected chi connectivity index (χ1v) is 7.64. The molecule has 4 nitrogen and oxygen atoms in total. The summed E-state index contributed by atoms with van der Waals surface area (Å²) in [5.41, 5.74) is 0.893. The zero-order valence-corrected chi connectivity index (χ0v) is 13.7. The Morgan fingerprint density at radius 3 is 2.43 bits per heavy atom. The van der Waals surface area contributed by atoms with Crippen LogP contribution in [0.1, 0.15) is 25.8 Å². The molecular weight excluding hydrogens is 311 g/mol. The number of rotatable bonds is 7. The third kappa shape index (κ3) is 6.82. The Morgan fingerprint density at radius 1 is 1.14 bits per heavy atom. The van der Waals surface area contributed by atoms with Crippen molar-refractivity contribution < 1.29 is 9.59 Å². The predicted molar refractivity (Wildman–Crippen MR) is 85.6 cm³/mol. The fourth-order valence-electron chi connectivity index (χ4n) is 1.65. The third-order valence-corrected chi connectivity index (χ3v) is 3.49. The van der Waals surface area contributed by atoms with Gasteiger partial charge in [0.2, 0.25) is 11.8 Å². The molecule has 0 atom stereocenters. The summed E-state index contributed by atoms with van der Waals surface area (Å²) in [7, 11) is 0. The Balaban J connectivity index is 2.24. The van der Waals surface area contributed by atoms with Crippen LogP contribution in [0.4, 0.5) is 0 Å². The largest absolute Gasteiger partial charge is 0.354 e. The molecule has 0 saturated carbocycles. The van der Waals surface area contributed by atoms with Crippen molar-refractivity contribution in [1.82, 2.24) is 10.6 Å². The molecule has 0 saturated heterocycles. The van der Waals surface area contributed by atoms with Crippen LogP contribution >= 0.6 is 23.2 Å². The number of amides is 2. The van der Waals surface area contributed by atoms with E-state index in [1.165, 1.54) is 0 Å². The summed E-state index contributed by atoms with van der Waals surface area (Å²) in [6.07, 6.45) is 0.902. The monoisotopic (exact) mass is 330 g/mol. The molecule has 0 aliphatic heterocycles. The minimum atomic E-state index is -0.0696.